The van der Waals surface area contributed by atoms with Gasteiger partial charge in [-0.2, -0.15) is 0 Å². The molecule has 7 heteroatoms. The van der Waals surface area contributed by atoms with Crippen molar-refractivity contribution in [2.24, 2.45) is 0 Å². The van der Waals surface area contributed by atoms with Gasteiger partial charge in [0.15, 0.2) is 0 Å². The van der Waals surface area contributed by atoms with Gasteiger partial charge in [-0.25, -0.2) is 4.68 Å². The van der Waals surface area contributed by atoms with Crippen molar-refractivity contribution < 1.29 is 9.47 Å². The molecule has 0 aliphatic heterocycles. The van der Waals surface area contributed by atoms with Crippen LogP contribution in [0.2, 0.25) is 0 Å². The van der Waals surface area contributed by atoms with Crippen molar-refractivity contribution in [3.8, 4) is 11.5 Å². The van der Waals surface area contributed by atoms with Crippen molar-refractivity contribution in [2.75, 3.05) is 19.5 Å². The Morgan fingerprint density at radius 3 is 2.64 bits per heavy atom. The third-order valence-corrected chi connectivity index (χ3v) is 4.58. The molecule has 3 aromatic rings. The number of nitrogens with zero attached hydrogens (tertiary/aromatic N) is 4. The van der Waals surface area contributed by atoms with Gasteiger partial charge in [0.2, 0.25) is 5.16 Å². The summed E-state index contributed by atoms with van der Waals surface area (Å²) in [6.07, 6.45) is 0. The van der Waals surface area contributed by atoms with Crippen LogP contribution in [0.25, 0.3) is 0 Å². The zero-order chi connectivity index (χ0) is 17.5. The van der Waals surface area contributed by atoms with Crippen LogP contribution in [-0.4, -0.2) is 39.7 Å². The first-order valence-corrected chi connectivity index (χ1v) is 8.95. The quantitative estimate of drug-likeness (QED) is 0.456. The monoisotopic (exact) mass is 356 g/mol. The van der Waals surface area contributed by atoms with Gasteiger partial charge in [0.25, 0.3) is 0 Å². The molecule has 2 aromatic carbocycles. The van der Waals surface area contributed by atoms with Crippen molar-refractivity contribution in [1.82, 2.24) is 20.2 Å². The molecule has 130 valence electrons. The second-order valence-corrected chi connectivity index (χ2v) is 6.49. The smallest absolute Gasteiger partial charge is 0.209 e. The van der Waals surface area contributed by atoms with E-state index in [0.717, 1.165) is 33.5 Å². The van der Waals surface area contributed by atoms with Crippen molar-refractivity contribution in [3.63, 3.8) is 0 Å². The van der Waals surface area contributed by atoms with Crippen LogP contribution < -0.4 is 9.47 Å². The molecule has 1 heterocycles. The number of para-hydroxylation sites is 1. The molecule has 0 aliphatic carbocycles. The number of benzene rings is 2. The van der Waals surface area contributed by atoms with E-state index in [9.17, 15) is 0 Å². The Morgan fingerprint density at radius 2 is 1.88 bits per heavy atom. The van der Waals surface area contributed by atoms with E-state index >= 15 is 0 Å². The maximum absolute atomic E-state index is 5.81. The van der Waals surface area contributed by atoms with Gasteiger partial charge in [0, 0.05) is 5.75 Å². The maximum Gasteiger partial charge on any atom is 0.209 e. The summed E-state index contributed by atoms with van der Waals surface area (Å²) in [5, 5.41) is 12.7. The summed E-state index contributed by atoms with van der Waals surface area (Å²) in [6.45, 7) is 3.26. The molecule has 0 bridgehead atoms. The molecule has 0 saturated heterocycles. The highest BCUT2D eigenvalue weighted by Crippen LogP contribution is 2.19. The van der Waals surface area contributed by atoms with E-state index in [2.05, 4.69) is 15.5 Å². The van der Waals surface area contributed by atoms with Gasteiger partial charge in [0.05, 0.1) is 20.3 Å². The average Bonchev–Trinajstić information content (AvgIpc) is 3.08. The first kappa shape index (κ1) is 17.3. The topological polar surface area (TPSA) is 62.1 Å². The number of hydrogen-bond acceptors (Lipinski definition) is 6. The highest BCUT2D eigenvalue weighted by atomic mass is 32.2. The molecule has 25 heavy (non-hydrogen) atoms. The van der Waals surface area contributed by atoms with E-state index in [1.165, 1.54) is 0 Å². The van der Waals surface area contributed by atoms with E-state index in [0.29, 0.717) is 13.2 Å². The van der Waals surface area contributed by atoms with Crippen LogP contribution in [0.5, 0.6) is 11.5 Å². The normalized spacial score (nSPS) is 10.6. The zero-order valence-corrected chi connectivity index (χ0v) is 15.1. The summed E-state index contributed by atoms with van der Waals surface area (Å²) in [6, 6.07) is 15.9. The second kappa shape index (κ2) is 8.53. The molecule has 0 atom stereocenters. The number of thioether (sulfide) groups is 1. The number of tetrazole rings is 1. The maximum atomic E-state index is 5.81. The molecule has 3 rings (SSSR count). The van der Waals surface area contributed by atoms with Crippen LogP contribution >= 0.6 is 11.8 Å². The average molecular weight is 356 g/mol. The van der Waals surface area contributed by atoms with Crippen LogP contribution in [0.1, 0.15) is 11.1 Å². The Bertz CT molecular complexity index is 805. The number of aryl methyl sites for hydroxylation is 1. The molecular formula is C18H20N4O2S. The summed E-state index contributed by atoms with van der Waals surface area (Å²) in [4.78, 5) is 0. The van der Waals surface area contributed by atoms with Crippen LogP contribution in [0, 0.1) is 6.92 Å². The molecule has 0 fully saturated rings. The molecule has 0 amide bonds. The van der Waals surface area contributed by atoms with Gasteiger partial charge < -0.3 is 9.47 Å². The number of rotatable bonds is 8. The Kier molecular flexibility index (Phi) is 5.90. The summed E-state index contributed by atoms with van der Waals surface area (Å²) in [5.74, 6) is 2.53. The molecule has 0 spiro atoms. The first-order valence-electron chi connectivity index (χ1n) is 7.96. The zero-order valence-electron chi connectivity index (χ0n) is 14.3. The predicted molar refractivity (Wildman–Crippen MR) is 97.3 cm³/mol. The number of hydrogen-bond donors (Lipinski definition) is 0. The van der Waals surface area contributed by atoms with Crippen molar-refractivity contribution in [1.29, 1.82) is 0 Å². The predicted octanol–water partition coefficient (Wildman–Crippen LogP) is 3.21. The second-order valence-electron chi connectivity index (χ2n) is 5.43. The molecule has 0 aliphatic rings. The van der Waals surface area contributed by atoms with Gasteiger partial charge in [-0.05, 0) is 46.7 Å². The van der Waals surface area contributed by atoms with Crippen LogP contribution in [0.3, 0.4) is 0 Å². The van der Waals surface area contributed by atoms with Gasteiger partial charge >= 0.3 is 0 Å². The Hall–Kier alpha value is -2.54. The SMILES string of the molecule is COc1ccc(Cn2nnnc2SCCOc2ccccc2C)cc1. The fourth-order valence-electron chi connectivity index (χ4n) is 2.31. The third-order valence-electron chi connectivity index (χ3n) is 3.66. The highest BCUT2D eigenvalue weighted by Gasteiger charge is 2.08. The summed E-state index contributed by atoms with van der Waals surface area (Å²) in [7, 11) is 1.66. The molecule has 0 unspecified atom stereocenters. The minimum Gasteiger partial charge on any atom is -0.497 e. The lowest BCUT2D eigenvalue weighted by Gasteiger charge is -2.08. The fourth-order valence-corrected chi connectivity index (χ4v) is 3.00. The minimum atomic E-state index is 0.602. The van der Waals surface area contributed by atoms with Crippen molar-refractivity contribution >= 4 is 11.8 Å². The Morgan fingerprint density at radius 1 is 1.08 bits per heavy atom. The lowest BCUT2D eigenvalue weighted by atomic mass is 10.2. The van der Waals surface area contributed by atoms with E-state index in [4.69, 9.17) is 9.47 Å². The van der Waals surface area contributed by atoms with Crippen molar-refractivity contribution in [2.45, 2.75) is 18.6 Å². The van der Waals surface area contributed by atoms with Gasteiger partial charge in [-0.3, -0.25) is 0 Å². The summed E-state index contributed by atoms with van der Waals surface area (Å²) < 4.78 is 12.8. The van der Waals surface area contributed by atoms with Crippen LogP contribution in [0.15, 0.2) is 53.7 Å². The minimum absolute atomic E-state index is 0.602. The third kappa shape index (κ3) is 4.73. The molecule has 6 nitrogen and oxygen atoms in total. The summed E-state index contributed by atoms with van der Waals surface area (Å²) >= 11 is 1.58. The van der Waals surface area contributed by atoms with Crippen LogP contribution in [0.4, 0.5) is 0 Å². The van der Waals surface area contributed by atoms with E-state index in [1.54, 1.807) is 23.6 Å². The fraction of sp³-hybridized carbons (Fsp3) is 0.278. The first-order chi connectivity index (χ1) is 12.3. The number of methoxy groups -OCH3 is 1. The van der Waals surface area contributed by atoms with E-state index in [1.807, 2.05) is 55.5 Å². The lowest BCUT2D eigenvalue weighted by Crippen LogP contribution is -2.06. The van der Waals surface area contributed by atoms with Gasteiger partial charge in [0.1, 0.15) is 11.5 Å². The number of aromatic nitrogens is 4. The standard InChI is InChI=1S/C18H20N4O2S/c1-14-5-3-4-6-17(14)24-11-12-25-18-19-20-21-22(18)13-15-7-9-16(23-2)10-8-15/h3-10H,11-13H2,1-2H3. The van der Waals surface area contributed by atoms with Gasteiger partial charge in [-0.1, -0.05) is 42.1 Å². The Balaban J connectivity index is 1.52. The highest BCUT2D eigenvalue weighted by molar-refractivity contribution is 7.99. The van der Waals surface area contributed by atoms with Gasteiger partial charge in [-0.15, -0.1) is 5.10 Å². The molecule has 0 N–H and O–H groups in total. The molecule has 0 radical (unpaired) electrons. The summed E-state index contributed by atoms with van der Waals surface area (Å²) in [5.41, 5.74) is 2.25. The molecular weight excluding hydrogens is 336 g/mol. The van der Waals surface area contributed by atoms with Crippen molar-refractivity contribution in [3.05, 3.63) is 59.7 Å². The Labute approximate surface area is 151 Å². The molecule has 0 saturated carbocycles. The number of ether oxygens (including phenoxy) is 2. The van der Waals surface area contributed by atoms with E-state index < -0.39 is 0 Å². The largest absolute Gasteiger partial charge is 0.497 e. The molecule has 1 aromatic heterocycles. The lowest BCUT2D eigenvalue weighted by molar-refractivity contribution is 0.341. The van der Waals surface area contributed by atoms with Crippen LogP contribution in [-0.2, 0) is 6.54 Å². The van der Waals surface area contributed by atoms with E-state index in [-0.39, 0.29) is 0 Å².